The molecule has 1 aromatic heterocycles. The summed E-state index contributed by atoms with van der Waals surface area (Å²) in [7, 11) is 0. The van der Waals surface area contributed by atoms with Crippen LogP contribution in [0.25, 0.3) is 5.69 Å². The molecule has 2 heterocycles. The van der Waals surface area contributed by atoms with Gasteiger partial charge in [-0.05, 0) is 37.1 Å². The van der Waals surface area contributed by atoms with Crippen molar-refractivity contribution in [1.29, 1.82) is 0 Å². The average Bonchev–Trinajstić information content (AvgIpc) is 2.78. The molecule has 20 heavy (non-hydrogen) atoms. The van der Waals surface area contributed by atoms with E-state index in [9.17, 15) is 4.39 Å². The zero-order chi connectivity index (χ0) is 14.1. The number of aryl methyl sites for hydroxylation is 2. The van der Waals surface area contributed by atoms with Crippen LogP contribution in [0.5, 0.6) is 0 Å². The Kier molecular flexibility index (Phi) is 3.57. The molecule has 4 heteroatoms. The summed E-state index contributed by atoms with van der Waals surface area (Å²) in [6.07, 6.45) is 2.98. The molecule has 3 rings (SSSR count). The molecule has 1 aliphatic rings. The first-order valence-electron chi connectivity index (χ1n) is 7.27. The van der Waals surface area contributed by atoms with Crippen molar-refractivity contribution in [3.05, 3.63) is 46.8 Å². The minimum absolute atomic E-state index is 0.182. The van der Waals surface area contributed by atoms with Crippen LogP contribution in [0.3, 0.4) is 0 Å². The maximum atomic E-state index is 13.3. The number of hydrogen-bond acceptors (Lipinski definition) is 2. The van der Waals surface area contributed by atoms with Crippen LogP contribution in [0.4, 0.5) is 4.39 Å². The van der Waals surface area contributed by atoms with Gasteiger partial charge in [0.1, 0.15) is 11.6 Å². The minimum Gasteiger partial charge on any atom is -0.311 e. The first-order valence-corrected chi connectivity index (χ1v) is 7.27. The maximum absolute atomic E-state index is 13.3. The van der Waals surface area contributed by atoms with Crippen molar-refractivity contribution in [2.24, 2.45) is 0 Å². The Morgan fingerprint density at radius 3 is 3.00 bits per heavy atom. The lowest BCUT2D eigenvalue weighted by Crippen LogP contribution is -2.25. The van der Waals surface area contributed by atoms with Crippen LogP contribution in [0.1, 0.15) is 36.1 Å². The molecule has 0 atom stereocenters. The molecule has 106 valence electrons. The highest BCUT2D eigenvalue weighted by molar-refractivity contribution is 5.45. The lowest BCUT2D eigenvalue weighted by molar-refractivity contribution is 0.616. The van der Waals surface area contributed by atoms with Gasteiger partial charge < -0.3 is 9.88 Å². The van der Waals surface area contributed by atoms with Crippen molar-refractivity contribution in [3.8, 4) is 5.69 Å². The van der Waals surface area contributed by atoms with Crippen molar-refractivity contribution >= 4 is 0 Å². The molecule has 2 aromatic rings. The molecule has 0 aliphatic carbocycles. The summed E-state index contributed by atoms with van der Waals surface area (Å²) in [6.45, 7) is 5.93. The van der Waals surface area contributed by atoms with Crippen molar-refractivity contribution in [2.45, 2.75) is 39.7 Å². The lowest BCUT2D eigenvalue weighted by atomic mass is 10.1. The van der Waals surface area contributed by atoms with Gasteiger partial charge in [-0.2, -0.15) is 0 Å². The average molecular weight is 273 g/mol. The Bertz CT molecular complexity index is 631. The van der Waals surface area contributed by atoms with E-state index in [4.69, 9.17) is 4.98 Å². The van der Waals surface area contributed by atoms with Gasteiger partial charge in [0, 0.05) is 31.6 Å². The summed E-state index contributed by atoms with van der Waals surface area (Å²) in [4.78, 5) is 4.79. The summed E-state index contributed by atoms with van der Waals surface area (Å²) in [5.41, 5.74) is 4.44. The zero-order valence-electron chi connectivity index (χ0n) is 12.0. The quantitative estimate of drug-likeness (QED) is 0.932. The van der Waals surface area contributed by atoms with E-state index in [0.717, 1.165) is 55.1 Å². The van der Waals surface area contributed by atoms with Crippen LogP contribution < -0.4 is 5.32 Å². The van der Waals surface area contributed by atoms with E-state index in [1.165, 1.54) is 11.8 Å². The molecule has 1 aromatic carbocycles. The molecule has 0 saturated heterocycles. The molecular weight excluding hydrogens is 253 g/mol. The second-order valence-corrected chi connectivity index (χ2v) is 5.36. The van der Waals surface area contributed by atoms with Crippen molar-refractivity contribution in [3.63, 3.8) is 0 Å². The van der Waals surface area contributed by atoms with Gasteiger partial charge >= 0.3 is 0 Å². The van der Waals surface area contributed by atoms with Crippen LogP contribution in [-0.2, 0) is 19.4 Å². The zero-order valence-corrected chi connectivity index (χ0v) is 12.0. The molecular formula is C16H20FN3. The van der Waals surface area contributed by atoms with E-state index in [1.54, 1.807) is 6.07 Å². The molecule has 1 N–H and O–H groups in total. The fourth-order valence-electron chi connectivity index (χ4n) is 2.91. The summed E-state index contributed by atoms with van der Waals surface area (Å²) < 4.78 is 15.6. The number of rotatable bonds is 3. The van der Waals surface area contributed by atoms with Crippen LogP contribution in [-0.4, -0.2) is 16.1 Å². The van der Waals surface area contributed by atoms with Gasteiger partial charge in [-0.25, -0.2) is 9.37 Å². The summed E-state index contributed by atoms with van der Waals surface area (Å²) in [6, 6.07) is 5.00. The molecule has 0 unspecified atom stereocenters. The smallest absolute Gasteiger partial charge is 0.123 e. The van der Waals surface area contributed by atoms with E-state index in [2.05, 4.69) is 16.8 Å². The molecule has 0 spiro atoms. The third-order valence-corrected chi connectivity index (χ3v) is 3.83. The SMILES string of the molecule is CCCc1nc2c(n1-c1ccc(F)cc1C)CCNC2. The van der Waals surface area contributed by atoms with Gasteiger partial charge in [-0.15, -0.1) is 0 Å². The van der Waals surface area contributed by atoms with Crippen LogP contribution >= 0.6 is 0 Å². The fourth-order valence-corrected chi connectivity index (χ4v) is 2.91. The molecule has 0 bridgehead atoms. The third kappa shape index (κ3) is 2.24. The molecule has 3 nitrogen and oxygen atoms in total. The molecule has 0 radical (unpaired) electrons. The van der Waals surface area contributed by atoms with Crippen LogP contribution in [0.2, 0.25) is 0 Å². The van der Waals surface area contributed by atoms with Crippen LogP contribution in [0.15, 0.2) is 18.2 Å². The fraction of sp³-hybridized carbons (Fsp3) is 0.438. The number of imidazole rings is 1. The highest BCUT2D eigenvalue weighted by Crippen LogP contribution is 2.25. The van der Waals surface area contributed by atoms with Crippen LogP contribution in [0, 0.1) is 12.7 Å². The monoisotopic (exact) mass is 273 g/mol. The third-order valence-electron chi connectivity index (χ3n) is 3.83. The number of halogens is 1. The second-order valence-electron chi connectivity index (χ2n) is 5.36. The van der Waals surface area contributed by atoms with E-state index < -0.39 is 0 Å². The predicted octanol–water partition coefficient (Wildman–Crippen LogP) is 2.92. The van der Waals surface area contributed by atoms with E-state index >= 15 is 0 Å². The van der Waals surface area contributed by atoms with Gasteiger partial charge in [-0.3, -0.25) is 0 Å². The number of aromatic nitrogens is 2. The summed E-state index contributed by atoms with van der Waals surface area (Å²) >= 11 is 0. The number of benzene rings is 1. The minimum atomic E-state index is -0.182. The predicted molar refractivity (Wildman–Crippen MR) is 77.7 cm³/mol. The van der Waals surface area contributed by atoms with Crippen molar-refractivity contribution < 1.29 is 4.39 Å². The second kappa shape index (κ2) is 5.37. The summed E-state index contributed by atoms with van der Waals surface area (Å²) in [5, 5.41) is 3.36. The molecule has 0 amide bonds. The Labute approximate surface area is 118 Å². The number of fused-ring (bicyclic) bond motifs is 1. The highest BCUT2D eigenvalue weighted by Gasteiger charge is 2.21. The standard InChI is InChI=1S/C16H20FN3/c1-3-4-16-19-13-10-18-8-7-15(13)20(16)14-6-5-12(17)9-11(14)2/h5-6,9,18H,3-4,7-8,10H2,1-2H3. The topological polar surface area (TPSA) is 29.9 Å². The Morgan fingerprint density at radius 1 is 1.40 bits per heavy atom. The van der Waals surface area contributed by atoms with Crippen molar-refractivity contribution in [1.82, 2.24) is 14.9 Å². The van der Waals surface area contributed by atoms with E-state index in [0.29, 0.717) is 0 Å². The number of hydrogen-bond donors (Lipinski definition) is 1. The van der Waals surface area contributed by atoms with Gasteiger partial charge in [0.25, 0.3) is 0 Å². The van der Waals surface area contributed by atoms with E-state index in [1.807, 2.05) is 13.0 Å². The van der Waals surface area contributed by atoms with Gasteiger partial charge in [0.15, 0.2) is 0 Å². The van der Waals surface area contributed by atoms with Gasteiger partial charge in [0.2, 0.25) is 0 Å². The largest absolute Gasteiger partial charge is 0.311 e. The Hall–Kier alpha value is -1.68. The number of nitrogens with zero attached hydrogens (tertiary/aromatic N) is 2. The molecule has 0 fully saturated rings. The van der Waals surface area contributed by atoms with Crippen molar-refractivity contribution in [2.75, 3.05) is 6.54 Å². The lowest BCUT2D eigenvalue weighted by Gasteiger charge is -2.18. The normalized spacial score (nSPS) is 14.3. The molecule has 0 saturated carbocycles. The number of nitrogens with one attached hydrogen (secondary N) is 1. The molecule has 1 aliphatic heterocycles. The summed E-state index contributed by atoms with van der Waals surface area (Å²) in [5.74, 6) is 0.912. The van der Waals surface area contributed by atoms with Gasteiger partial charge in [-0.1, -0.05) is 6.92 Å². The van der Waals surface area contributed by atoms with Gasteiger partial charge in [0.05, 0.1) is 11.4 Å². The first kappa shape index (κ1) is 13.3. The Balaban J connectivity index is 2.17. The highest BCUT2D eigenvalue weighted by atomic mass is 19.1. The Morgan fingerprint density at radius 2 is 2.25 bits per heavy atom. The first-order chi connectivity index (χ1) is 9.70. The maximum Gasteiger partial charge on any atom is 0.123 e. The van der Waals surface area contributed by atoms with E-state index in [-0.39, 0.29) is 5.82 Å².